The summed E-state index contributed by atoms with van der Waals surface area (Å²) in [6.07, 6.45) is 1.73. The normalized spacial score (nSPS) is 14.8. The van der Waals surface area contributed by atoms with Crippen LogP contribution in [0.15, 0.2) is 24.4 Å². The van der Waals surface area contributed by atoms with Gasteiger partial charge in [-0.05, 0) is 32.9 Å². The lowest BCUT2D eigenvalue weighted by Crippen LogP contribution is -2.47. The fraction of sp³-hybridized carbons (Fsp3) is 0.538. The van der Waals surface area contributed by atoms with Crippen molar-refractivity contribution in [3.05, 3.63) is 30.1 Å². The van der Waals surface area contributed by atoms with E-state index in [4.69, 9.17) is 11.5 Å². The second-order valence-corrected chi connectivity index (χ2v) is 4.79. The maximum absolute atomic E-state index is 11.2. The van der Waals surface area contributed by atoms with Crippen LogP contribution in [-0.2, 0) is 4.79 Å². The van der Waals surface area contributed by atoms with Crippen LogP contribution in [0.1, 0.15) is 32.5 Å². The minimum atomic E-state index is -0.356. The molecule has 5 heteroatoms. The summed E-state index contributed by atoms with van der Waals surface area (Å²) < 4.78 is 0. The van der Waals surface area contributed by atoms with Gasteiger partial charge in [0.05, 0.1) is 18.3 Å². The molecule has 0 bridgehead atoms. The van der Waals surface area contributed by atoms with Gasteiger partial charge in [0.25, 0.3) is 0 Å². The fourth-order valence-corrected chi connectivity index (χ4v) is 2.07. The molecule has 1 aromatic heterocycles. The molecule has 0 fully saturated rings. The van der Waals surface area contributed by atoms with Gasteiger partial charge in [-0.3, -0.25) is 14.7 Å². The number of hydrogen-bond donors (Lipinski definition) is 2. The highest BCUT2D eigenvalue weighted by molar-refractivity contribution is 5.76. The Bertz CT molecular complexity index is 378. The number of carbonyl (C=O) groups is 1. The zero-order valence-electron chi connectivity index (χ0n) is 11.2. The van der Waals surface area contributed by atoms with E-state index in [1.54, 1.807) is 6.20 Å². The van der Waals surface area contributed by atoms with E-state index in [2.05, 4.69) is 4.98 Å². The minimum absolute atomic E-state index is 0.112. The molecular weight excluding hydrogens is 228 g/mol. The largest absolute Gasteiger partial charge is 0.369 e. The van der Waals surface area contributed by atoms with Crippen molar-refractivity contribution in [2.24, 2.45) is 11.5 Å². The molecule has 0 saturated carbocycles. The Morgan fingerprint density at radius 3 is 2.44 bits per heavy atom. The minimum Gasteiger partial charge on any atom is -0.369 e. The van der Waals surface area contributed by atoms with Gasteiger partial charge in [0.1, 0.15) is 0 Å². The van der Waals surface area contributed by atoms with Crippen LogP contribution in [-0.4, -0.2) is 34.4 Å². The molecule has 0 aliphatic carbocycles. The zero-order valence-corrected chi connectivity index (χ0v) is 11.2. The lowest BCUT2D eigenvalue weighted by Gasteiger charge is -2.35. The van der Waals surface area contributed by atoms with E-state index in [1.807, 2.05) is 43.9 Å². The van der Waals surface area contributed by atoms with E-state index < -0.39 is 0 Å². The number of amides is 1. The maximum atomic E-state index is 11.2. The number of hydrogen-bond acceptors (Lipinski definition) is 4. The summed E-state index contributed by atoms with van der Waals surface area (Å²) in [5, 5.41) is 0. The van der Waals surface area contributed by atoms with Crippen LogP contribution in [0.5, 0.6) is 0 Å². The highest BCUT2D eigenvalue weighted by Gasteiger charge is 2.28. The van der Waals surface area contributed by atoms with Crippen LogP contribution in [0.4, 0.5) is 0 Å². The third-order valence-electron chi connectivity index (χ3n) is 2.85. The SMILES string of the molecule is CC(N)C(c1ccccn1)N(CC(N)=O)C(C)C. The second kappa shape index (κ2) is 6.47. The Kier molecular flexibility index (Phi) is 5.25. The Morgan fingerprint density at radius 2 is 2.06 bits per heavy atom. The molecule has 0 spiro atoms. The van der Waals surface area contributed by atoms with Gasteiger partial charge in [-0.1, -0.05) is 6.07 Å². The van der Waals surface area contributed by atoms with Gasteiger partial charge in [0, 0.05) is 18.3 Å². The summed E-state index contributed by atoms with van der Waals surface area (Å²) in [5.41, 5.74) is 12.2. The topological polar surface area (TPSA) is 85.2 Å². The van der Waals surface area contributed by atoms with E-state index >= 15 is 0 Å². The van der Waals surface area contributed by atoms with Crippen molar-refractivity contribution in [1.82, 2.24) is 9.88 Å². The van der Waals surface area contributed by atoms with Gasteiger partial charge >= 0.3 is 0 Å². The molecular formula is C13H22N4O. The summed E-state index contributed by atoms with van der Waals surface area (Å²) in [6.45, 7) is 6.12. The van der Waals surface area contributed by atoms with Gasteiger partial charge in [0.15, 0.2) is 0 Å². The third kappa shape index (κ3) is 3.78. The predicted octanol–water partition coefficient (Wildman–Crippen LogP) is 0.666. The zero-order chi connectivity index (χ0) is 13.7. The van der Waals surface area contributed by atoms with Crippen molar-refractivity contribution < 1.29 is 4.79 Å². The van der Waals surface area contributed by atoms with E-state index in [0.29, 0.717) is 0 Å². The lowest BCUT2D eigenvalue weighted by molar-refractivity contribution is -0.120. The van der Waals surface area contributed by atoms with Crippen LogP contribution in [0.2, 0.25) is 0 Å². The molecule has 18 heavy (non-hydrogen) atoms. The average Bonchev–Trinajstić information content (AvgIpc) is 2.28. The standard InChI is InChI=1S/C13H22N4O/c1-9(2)17(8-12(15)18)13(10(3)14)11-6-4-5-7-16-11/h4-7,9-10,13H,8,14H2,1-3H3,(H2,15,18). The molecule has 0 radical (unpaired) electrons. The van der Waals surface area contributed by atoms with Crippen LogP contribution in [0.3, 0.4) is 0 Å². The molecule has 1 rings (SSSR count). The van der Waals surface area contributed by atoms with Crippen molar-refractivity contribution in [3.8, 4) is 0 Å². The first-order chi connectivity index (χ1) is 8.43. The van der Waals surface area contributed by atoms with Crippen LogP contribution in [0, 0.1) is 0 Å². The molecule has 100 valence electrons. The Balaban J connectivity index is 3.05. The highest BCUT2D eigenvalue weighted by atomic mass is 16.1. The van der Waals surface area contributed by atoms with Crippen molar-refractivity contribution in [2.45, 2.75) is 38.9 Å². The Hall–Kier alpha value is -1.46. The van der Waals surface area contributed by atoms with Gasteiger partial charge in [-0.25, -0.2) is 0 Å². The number of nitrogens with two attached hydrogens (primary N) is 2. The molecule has 0 aliphatic rings. The molecule has 0 aliphatic heterocycles. The molecule has 2 unspecified atom stereocenters. The summed E-state index contributed by atoms with van der Waals surface area (Å²) in [7, 11) is 0. The maximum Gasteiger partial charge on any atom is 0.231 e. The molecule has 2 atom stereocenters. The second-order valence-electron chi connectivity index (χ2n) is 4.79. The summed E-state index contributed by atoms with van der Waals surface area (Å²) in [5.74, 6) is -0.356. The first-order valence-corrected chi connectivity index (χ1v) is 6.14. The number of aromatic nitrogens is 1. The number of nitrogens with zero attached hydrogens (tertiary/aromatic N) is 2. The van der Waals surface area contributed by atoms with Crippen LogP contribution >= 0.6 is 0 Å². The summed E-state index contributed by atoms with van der Waals surface area (Å²) in [4.78, 5) is 17.5. The quantitative estimate of drug-likeness (QED) is 0.777. The first kappa shape index (κ1) is 14.6. The predicted molar refractivity (Wildman–Crippen MR) is 71.7 cm³/mol. The first-order valence-electron chi connectivity index (χ1n) is 6.14. The van der Waals surface area contributed by atoms with E-state index in [9.17, 15) is 4.79 Å². The van der Waals surface area contributed by atoms with Crippen LogP contribution in [0.25, 0.3) is 0 Å². The number of carbonyl (C=O) groups excluding carboxylic acids is 1. The Labute approximate surface area is 108 Å². The van der Waals surface area contributed by atoms with Gasteiger partial charge in [-0.2, -0.15) is 0 Å². The number of rotatable bonds is 6. The van der Waals surface area contributed by atoms with E-state index in [0.717, 1.165) is 5.69 Å². The van der Waals surface area contributed by atoms with Crippen molar-refractivity contribution >= 4 is 5.91 Å². The fourth-order valence-electron chi connectivity index (χ4n) is 2.07. The lowest BCUT2D eigenvalue weighted by atomic mass is 10.0. The molecule has 4 N–H and O–H groups in total. The van der Waals surface area contributed by atoms with Crippen molar-refractivity contribution in [1.29, 1.82) is 0 Å². The monoisotopic (exact) mass is 250 g/mol. The van der Waals surface area contributed by atoms with E-state index in [-0.39, 0.29) is 30.6 Å². The smallest absolute Gasteiger partial charge is 0.231 e. The van der Waals surface area contributed by atoms with Crippen molar-refractivity contribution in [3.63, 3.8) is 0 Å². The van der Waals surface area contributed by atoms with E-state index in [1.165, 1.54) is 0 Å². The van der Waals surface area contributed by atoms with Gasteiger partial charge in [0.2, 0.25) is 5.91 Å². The average molecular weight is 250 g/mol. The third-order valence-corrected chi connectivity index (χ3v) is 2.85. The molecule has 0 aromatic carbocycles. The van der Waals surface area contributed by atoms with Gasteiger partial charge in [-0.15, -0.1) is 0 Å². The van der Waals surface area contributed by atoms with Gasteiger partial charge < -0.3 is 11.5 Å². The molecule has 5 nitrogen and oxygen atoms in total. The van der Waals surface area contributed by atoms with Crippen molar-refractivity contribution in [2.75, 3.05) is 6.54 Å². The Morgan fingerprint density at radius 1 is 1.39 bits per heavy atom. The molecule has 0 saturated heterocycles. The molecule has 1 aromatic rings. The molecule has 1 heterocycles. The van der Waals surface area contributed by atoms with Crippen LogP contribution < -0.4 is 11.5 Å². The summed E-state index contributed by atoms with van der Waals surface area (Å²) >= 11 is 0. The molecule has 1 amide bonds. The number of primary amides is 1. The number of pyridine rings is 1. The summed E-state index contributed by atoms with van der Waals surface area (Å²) in [6, 6.07) is 5.61. The highest BCUT2D eigenvalue weighted by Crippen LogP contribution is 2.23.